The van der Waals surface area contributed by atoms with E-state index in [1.54, 1.807) is 42.5 Å². The van der Waals surface area contributed by atoms with Crippen LogP contribution in [0, 0.1) is 5.82 Å². The van der Waals surface area contributed by atoms with E-state index in [9.17, 15) is 17.0 Å². The van der Waals surface area contributed by atoms with Crippen LogP contribution in [0.15, 0.2) is 110 Å². The van der Waals surface area contributed by atoms with Gasteiger partial charge in [-0.25, -0.2) is 32.0 Å². The Hall–Kier alpha value is -3.56. The van der Waals surface area contributed by atoms with Gasteiger partial charge in [0.1, 0.15) is 28.6 Å². The molecular weight excluding hydrogens is 449 g/mol. The van der Waals surface area contributed by atoms with E-state index >= 15 is 0 Å². The van der Waals surface area contributed by atoms with Gasteiger partial charge in [-0.2, -0.15) is 0 Å². The number of nitrogens with zero attached hydrogens (tertiary/aromatic N) is 3. The van der Waals surface area contributed by atoms with Crippen LogP contribution in [0.3, 0.4) is 0 Å². The Morgan fingerprint density at radius 2 is 1.50 bits per heavy atom. The van der Waals surface area contributed by atoms with Crippen LogP contribution >= 0.6 is 0 Å². The van der Waals surface area contributed by atoms with E-state index in [4.69, 9.17) is 0 Å². The monoisotopic (exact) mass is 463 g/mol. The Bertz CT molecular complexity index is 1500. The van der Waals surface area contributed by atoms with Gasteiger partial charge >= 0.3 is 0 Å². The second-order valence-electron chi connectivity index (χ2n) is 6.88. The van der Waals surface area contributed by atoms with Gasteiger partial charge in [0.05, 0.1) is 15.5 Å². The van der Waals surface area contributed by atoms with Gasteiger partial charge in [0.2, 0.25) is 9.84 Å². The zero-order chi connectivity index (χ0) is 22.3. The van der Waals surface area contributed by atoms with Crippen molar-refractivity contribution in [2.45, 2.75) is 19.8 Å². The second kappa shape index (κ2) is 7.85. The van der Waals surface area contributed by atoms with Gasteiger partial charge in [-0.3, -0.25) is 0 Å². The third-order valence-corrected chi connectivity index (χ3v) is 8.03. The molecule has 3 aromatic carbocycles. The number of aromatic nitrogens is 2. The van der Waals surface area contributed by atoms with E-state index in [2.05, 4.69) is 15.0 Å². The molecule has 0 fully saturated rings. The highest BCUT2D eigenvalue weighted by Gasteiger charge is 2.32. The van der Waals surface area contributed by atoms with E-state index in [0.717, 1.165) is 6.33 Å². The summed E-state index contributed by atoms with van der Waals surface area (Å²) < 4.78 is 53.8. The van der Waals surface area contributed by atoms with Gasteiger partial charge < -0.3 is 0 Å². The Morgan fingerprint density at radius 3 is 2.25 bits per heavy atom. The summed E-state index contributed by atoms with van der Waals surface area (Å²) in [7, 11) is -5.88. The van der Waals surface area contributed by atoms with Gasteiger partial charge in [-0.1, -0.05) is 36.4 Å². The Labute approximate surface area is 185 Å². The lowest BCUT2D eigenvalue weighted by Crippen LogP contribution is -2.08. The summed E-state index contributed by atoms with van der Waals surface area (Å²) in [6, 6.07) is 20.4. The minimum absolute atomic E-state index is 0.000863. The third kappa shape index (κ3) is 3.35. The zero-order valence-electron chi connectivity index (χ0n) is 16.3. The maximum atomic E-state index is 13.6. The molecule has 158 valence electrons. The van der Waals surface area contributed by atoms with Gasteiger partial charge in [-0.05, 0) is 42.5 Å². The van der Waals surface area contributed by atoms with Crippen LogP contribution in [0.2, 0.25) is 0 Å². The Morgan fingerprint density at radius 1 is 0.812 bits per heavy atom. The average Bonchev–Trinajstić information content (AvgIpc) is 2.95. The standard InChI is InChI=1S/C23H14FN3O3S2/c24-16-12-10-15(11-13-16)20-18-8-4-5-9-19(18)31(28)22-21(27-20)23(26-14-25-22)32(29,30)17-6-2-1-3-7-17/h1-14H. The predicted octanol–water partition coefficient (Wildman–Crippen LogP) is 4.10. The predicted molar refractivity (Wildman–Crippen MR) is 117 cm³/mol. The summed E-state index contributed by atoms with van der Waals surface area (Å²) in [5.41, 5.74) is 1.34. The number of benzene rings is 3. The zero-order valence-corrected chi connectivity index (χ0v) is 18.0. The highest BCUT2D eigenvalue weighted by atomic mass is 32.2. The molecule has 1 aliphatic rings. The topological polar surface area (TPSA) is 89.3 Å². The molecule has 1 unspecified atom stereocenters. The van der Waals surface area contributed by atoms with E-state index in [1.807, 2.05) is 0 Å². The van der Waals surface area contributed by atoms with Crippen LogP contribution < -0.4 is 0 Å². The molecule has 2 heterocycles. The molecule has 1 atom stereocenters. The summed E-state index contributed by atoms with van der Waals surface area (Å²) >= 11 is 0. The first-order chi connectivity index (χ1) is 15.5. The Kier molecular flexibility index (Phi) is 4.99. The van der Waals surface area contributed by atoms with E-state index in [0.29, 0.717) is 21.7 Å². The number of halogens is 1. The van der Waals surface area contributed by atoms with E-state index in [-0.39, 0.29) is 20.6 Å². The molecular formula is C23H14FN3O3S2. The quantitative estimate of drug-likeness (QED) is 0.376. The highest BCUT2D eigenvalue weighted by Crippen LogP contribution is 2.38. The number of rotatable bonds is 3. The summed E-state index contributed by atoms with van der Waals surface area (Å²) in [6.45, 7) is 0. The summed E-state index contributed by atoms with van der Waals surface area (Å²) in [4.78, 5) is 13.2. The normalized spacial score (nSPS) is 15.3. The molecule has 4 aromatic rings. The smallest absolute Gasteiger partial charge is 0.226 e. The molecule has 5 rings (SSSR count). The second-order valence-corrected chi connectivity index (χ2v) is 10.1. The fourth-order valence-electron chi connectivity index (χ4n) is 3.41. The number of fused-ring (bicyclic) bond motifs is 2. The van der Waals surface area contributed by atoms with E-state index in [1.165, 1.54) is 36.4 Å². The van der Waals surface area contributed by atoms with Crippen molar-refractivity contribution in [3.63, 3.8) is 0 Å². The molecule has 32 heavy (non-hydrogen) atoms. The SMILES string of the molecule is O=S1c2ccccc2C(c2ccc(F)cc2)=Nc2c1ncnc2S(=O)(=O)c1ccccc1. The van der Waals surface area contributed by atoms with Gasteiger partial charge in [0.25, 0.3) is 0 Å². The molecule has 0 amide bonds. The first kappa shape index (κ1) is 20.3. The van der Waals surface area contributed by atoms with Gasteiger partial charge in [0.15, 0.2) is 10.1 Å². The van der Waals surface area contributed by atoms with E-state index < -0.39 is 26.5 Å². The molecule has 0 saturated carbocycles. The lowest BCUT2D eigenvalue weighted by Gasteiger charge is -2.09. The van der Waals surface area contributed by atoms with Crippen molar-refractivity contribution in [3.8, 4) is 0 Å². The van der Waals surface area contributed by atoms with Crippen LogP contribution in [0.25, 0.3) is 0 Å². The highest BCUT2D eigenvalue weighted by molar-refractivity contribution is 7.91. The molecule has 0 N–H and O–H groups in total. The lowest BCUT2D eigenvalue weighted by atomic mass is 10.0. The number of hydrogen-bond acceptors (Lipinski definition) is 6. The van der Waals surface area contributed by atoms with Crippen molar-refractivity contribution >= 4 is 32.0 Å². The number of aliphatic imine (C=N–C) groups is 1. The molecule has 0 radical (unpaired) electrons. The number of hydrogen-bond donors (Lipinski definition) is 0. The largest absolute Gasteiger partial charge is 0.247 e. The average molecular weight is 464 g/mol. The van der Waals surface area contributed by atoms with Crippen molar-refractivity contribution < 1.29 is 17.0 Å². The lowest BCUT2D eigenvalue weighted by molar-refractivity contribution is 0.591. The Balaban J connectivity index is 1.84. The fourth-order valence-corrected chi connectivity index (χ4v) is 6.04. The molecule has 0 saturated heterocycles. The van der Waals surface area contributed by atoms with Crippen LogP contribution in [0.1, 0.15) is 11.1 Å². The summed E-state index contributed by atoms with van der Waals surface area (Å²) in [5, 5.41) is -0.339. The maximum absolute atomic E-state index is 13.6. The van der Waals surface area contributed by atoms with Gasteiger partial charge in [-0.15, -0.1) is 0 Å². The molecule has 6 nitrogen and oxygen atoms in total. The first-order valence-corrected chi connectivity index (χ1v) is 12.1. The minimum Gasteiger partial charge on any atom is -0.247 e. The van der Waals surface area contributed by atoms with Crippen molar-refractivity contribution in [1.29, 1.82) is 0 Å². The summed E-state index contributed by atoms with van der Waals surface area (Å²) in [6.07, 6.45) is 1.08. The van der Waals surface area contributed by atoms with Crippen molar-refractivity contribution in [3.05, 3.63) is 102 Å². The molecule has 1 aromatic heterocycles. The number of sulfone groups is 1. The van der Waals surface area contributed by atoms with Crippen molar-refractivity contribution in [1.82, 2.24) is 9.97 Å². The molecule has 0 spiro atoms. The van der Waals surface area contributed by atoms with Crippen LogP contribution in [-0.4, -0.2) is 28.3 Å². The van der Waals surface area contributed by atoms with Crippen LogP contribution in [0.5, 0.6) is 0 Å². The fraction of sp³-hybridized carbons (Fsp3) is 0. The molecule has 9 heteroatoms. The molecule has 1 aliphatic heterocycles. The van der Waals surface area contributed by atoms with Crippen LogP contribution in [0.4, 0.5) is 10.1 Å². The third-order valence-electron chi connectivity index (χ3n) is 4.92. The summed E-state index contributed by atoms with van der Waals surface area (Å²) in [5.74, 6) is -0.420. The minimum atomic E-state index is -4.07. The van der Waals surface area contributed by atoms with Gasteiger partial charge in [0, 0.05) is 11.1 Å². The molecule has 0 aliphatic carbocycles. The maximum Gasteiger partial charge on any atom is 0.226 e. The van der Waals surface area contributed by atoms with Crippen molar-refractivity contribution in [2.75, 3.05) is 0 Å². The van der Waals surface area contributed by atoms with Crippen molar-refractivity contribution in [2.24, 2.45) is 4.99 Å². The van der Waals surface area contributed by atoms with Crippen LogP contribution in [-0.2, 0) is 20.6 Å². The first-order valence-electron chi connectivity index (χ1n) is 9.48. The molecule has 0 bridgehead atoms.